The first kappa shape index (κ1) is 23.0. The summed E-state index contributed by atoms with van der Waals surface area (Å²) in [5.74, 6) is 1.55. The minimum atomic E-state index is 0.450. The molecule has 0 aromatic heterocycles. The van der Waals surface area contributed by atoms with Gasteiger partial charge in [-0.15, -0.1) is 11.8 Å². The van der Waals surface area contributed by atoms with Gasteiger partial charge in [-0.05, 0) is 105 Å². The second-order valence-corrected chi connectivity index (χ2v) is 12.4. The van der Waals surface area contributed by atoms with Crippen LogP contribution in [0.5, 0.6) is 0 Å². The lowest BCUT2D eigenvalue weighted by molar-refractivity contribution is 0.858. The van der Waals surface area contributed by atoms with Crippen LogP contribution < -0.4 is 0 Å². The standard InChI is InChI=1S/C35H28S2/c1-21-9-8-10-22(2)32(21)25-16-17-30-28(19-25)34(27-13-6-7-14-29(27)37-30)33-23(3)20-36-31-18-15-24-11-4-5-12-26(24)35(31)33/h4-19,23H,20H2,1-3H3/b34-33-/t23-/m0/s1. The van der Waals surface area contributed by atoms with Crippen LogP contribution in [0.15, 0.2) is 112 Å². The number of hydrogen-bond acceptors (Lipinski definition) is 2. The average molecular weight is 513 g/mol. The van der Waals surface area contributed by atoms with Crippen molar-refractivity contribution in [2.75, 3.05) is 5.75 Å². The number of benzene rings is 5. The van der Waals surface area contributed by atoms with Crippen molar-refractivity contribution >= 4 is 45.4 Å². The first-order valence-corrected chi connectivity index (χ1v) is 14.8. The van der Waals surface area contributed by atoms with E-state index in [-0.39, 0.29) is 0 Å². The number of rotatable bonds is 1. The van der Waals surface area contributed by atoms with Crippen LogP contribution in [0.25, 0.3) is 33.0 Å². The zero-order valence-corrected chi connectivity index (χ0v) is 23.0. The van der Waals surface area contributed by atoms with Crippen LogP contribution in [-0.2, 0) is 0 Å². The summed E-state index contributed by atoms with van der Waals surface area (Å²) in [5.41, 5.74) is 12.4. The van der Waals surface area contributed by atoms with Crippen LogP contribution >= 0.6 is 23.5 Å². The molecule has 0 fully saturated rings. The Morgan fingerprint density at radius 3 is 2.24 bits per heavy atom. The molecule has 7 rings (SSSR count). The highest BCUT2D eigenvalue weighted by atomic mass is 32.2. The van der Waals surface area contributed by atoms with E-state index >= 15 is 0 Å². The summed E-state index contributed by atoms with van der Waals surface area (Å²) in [6, 6.07) is 36.3. The molecular formula is C35H28S2. The molecule has 0 unspecified atom stereocenters. The third-order valence-electron chi connectivity index (χ3n) is 7.81. The van der Waals surface area contributed by atoms with E-state index < -0.39 is 0 Å². The predicted molar refractivity (Wildman–Crippen MR) is 162 cm³/mol. The van der Waals surface area contributed by atoms with Crippen molar-refractivity contribution in [1.29, 1.82) is 0 Å². The van der Waals surface area contributed by atoms with Crippen LogP contribution in [0, 0.1) is 19.8 Å². The Hall–Kier alpha value is -3.20. The van der Waals surface area contributed by atoms with Gasteiger partial charge in [0.2, 0.25) is 0 Å². The maximum absolute atomic E-state index is 2.47. The van der Waals surface area contributed by atoms with Crippen molar-refractivity contribution in [1.82, 2.24) is 0 Å². The quantitative estimate of drug-likeness (QED) is 0.215. The van der Waals surface area contributed by atoms with Crippen molar-refractivity contribution in [3.63, 3.8) is 0 Å². The molecular weight excluding hydrogens is 485 g/mol. The zero-order valence-electron chi connectivity index (χ0n) is 21.3. The molecule has 37 heavy (non-hydrogen) atoms. The van der Waals surface area contributed by atoms with Gasteiger partial charge >= 0.3 is 0 Å². The molecule has 0 spiro atoms. The van der Waals surface area contributed by atoms with Gasteiger partial charge < -0.3 is 0 Å². The van der Waals surface area contributed by atoms with E-state index in [4.69, 9.17) is 0 Å². The Labute approximate surface area is 227 Å². The molecule has 0 nitrogen and oxygen atoms in total. The Kier molecular flexibility index (Phi) is 5.57. The normalized spacial score (nSPS) is 18.3. The van der Waals surface area contributed by atoms with Crippen LogP contribution in [0.4, 0.5) is 0 Å². The summed E-state index contributed by atoms with van der Waals surface area (Å²) in [4.78, 5) is 4.11. The monoisotopic (exact) mass is 512 g/mol. The smallest absolute Gasteiger partial charge is 0.0201 e. The van der Waals surface area contributed by atoms with Crippen molar-refractivity contribution < 1.29 is 0 Å². The van der Waals surface area contributed by atoms with E-state index in [1.165, 1.54) is 75.5 Å². The number of fused-ring (bicyclic) bond motifs is 5. The number of allylic oxidation sites excluding steroid dienone is 1. The van der Waals surface area contributed by atoms with Gasteiger partial charge in [0.1, 0.15) is 0 Å². The molecule has 2 heteroatoms. The highest BCUT2D eigenvalue weighted by Gasteiger charge is 2.31. The zero-order chi connectivity index (χ0) is 25.1. The van der Waals surface area contributed by atoms with Gasteiger partial charge in [0, 0.05) is 20.4 Å². The summed E-state index contributed by atoms with van der Waals surface area (Å²) in [6.45, 7) is 6.88. The molecule has 0 saturated carbocycles. The SMILES string of the molecule is Cc1cccc(C)c1-c1ccc2c(c1)/C(=C1\c3c(ccc4ccccc34)SC[C@@H]1C)c1ccccc1S2. The number of thioether (sulfide) groups is 1. The molecule has 5 aromatic carbocycles. The minimum absolute atomic E-state index is 0.450. The third kappa shape index (κ3) is 3.69. The van der Waals surface area contributed by atoms with E-state index in [1.54, 1.807) is 0 Å². The van der Waals surface area contributed by atoms with Gasteiger partial charge in [0.15, 0.2) is 0 Å². The fraction of sp³-hybridized carbons (Fsp3) is 0.143. The molecule has 0 saturated heterocycles. The fourth-order valence-electron chi connectivity index (χ4n) is 6.12. The Morgan fingerprint density at radius 1 is 0.649 bits per heavy atom. The first-order chi connectivity index (χ1) is 18.1. The van der Waals surface area contributed by atoms with Crippen molar-refractivity contribution in [3.8, 4) is 11.1 Å². The second-order valence-electron chi connectivity index (χ2n) is 10.2. The predicted octanol–water partition coefficient (Wildman–Crippen LogP) is 10.3. The number of aryl methyl sites for hydroxylation is 2. The molecule has 0 amide bonds. The molecule has 0 bridgehead atoms. The van der Waals surface area contributed by atoms with Gasteiger partial charge in [-0.3, -0.25) is 0 Å². The van der Waals surface area contributed by atoms with E-state index in [0.717, 1.165) is 5.75 Å². The number of hydrogen-bond donors (Lipinski definition) is 0. The molecule has 5 aromatic rings. The molecule has 0 aliphatic carbocycles. The van der Waals surface area contributed by atoms with E-state index in [0.29, 0.717) is 5.92 Å². The molecule has 2 aliphatic rings. The second kappa shape index (κ2) is 8.97. The molecule has 1 atom stereocenters. The Bertz CT molecular complexity index is 1720. The van der Waals surface area contributed by atoms with Crippen LogP contribution in [0.2, 0.25) is 0 Å². The van der Waals surface area contributed by atoms with E-state index in [1.807, 2.05) is 23.5 Å². The lowest BCUT2D eigenvalue weighted by Gasteiger charge is -2.32. The maximum atomic E-state index is 2.47. The molecule has 0 radical (unpaired) electrons. The largest absolute Gasteiger partial charge is 0.125 e. The maximum Gasteiger partial charge on any atom is 0.0201 e. The summed E-state index contributed by atoms with van der Waals surface area (Å²) >= 11 is 3.92. The summed E-state index contributed by atoms with van der Waals surface area (Å²) in [7, 11) is 0. The van der Waals surface area contributed by atoms with Gasteiger partial charge in [-0.25, -0.2) is 0 Å². The first-order valence-electron chi connectivity index (χ1n) is 13.0. The fourth-order valence-corrected chi connectivity index (χ4v) is 8.32. The van der Waals surface area contributed by atoms with Gasteiger partial charge in [0.25, 0.3) is 0 Å². The molecule has 2 aliphatic heterocycles. The van der Waals surface area contributed by atoms with E-state index in [2.05, 4.69) is 118 Å². The van der Waals surface area contributed by atoms with Crippen molar-refractivity contribution in [2.45, 2.75) is 35.5 Å². The minimum Gasteiger partial charge on any atom is -0.125 e. The lowest BCUT2D eigenvalue weighted by Crippen LogP contribution is -2.14. The molecule has 180 valence electrons. The summed E-state index contributed by atoms with van der Waals surface area (Å²) in [5, 5.41) is 2.68. The van der Waals surface area contributed by atoms with Crippen LogP contribution in [0.1, 0.15) is 34.7 Å². The van der Waals surface area contributed by atoms with Gasteiger partial charge in [-0.1, -0.05) is 91.5 Å². The summed E-state index contributed by atoms with van der Waals surface area (Å²) in [6.07, 6.45) is 0. The van der Waals surface area contributed by atoms with Crippen molar-refractivity contribution in [2.24, 2.45) is 5.92 Å². The lowest BCUT2D eigenvalue weighted by atomic mass is 9.81. The average Bonchev–Trinajstić information content (AvgIpc) is 2.92. The van der Waals surface area contributed by atoms with Crippen molar-refractivity contribution in [3.05, 3.63) is 125 Å². The van der Waals surface area contributed by atoms with Crippen LogP contribution in [0.3, 0.4) is 0 Å². The topological polar surface area (TPSA) is 0 Å². The molecule has 2 heterocycles. The highest BCUT2D eigenvalue weighted by Crippen LogP contribution is 2.54. The summed E-state index contributed by atoms with van der Waals surface area (Å²) < 4.78 is 0. The van der Waals surface area contributed by atoms with Crippen LogP contribution in [-0.4, -0.2) is 5.75 Å². The Morgan fingerprint density at radius 2 is 1.38 bits per heavy atom. The van der Waals surface area contributed by atoms with E-state index in [9.17, 15) is 0 Å². The highest BCUT2D eigenvalue weighted by molar-refractivity contribution is 7.99. The van der Waals surface area contributed by atoms with Gasteiger partial charge in [0.05, 0.1) is 0 Å². The third-order valence-corrected chi connectivity index (χ3v) is 10.3. The Balaban J connectivity index is 1.59. The van der Waals surface area contributed by atoms with Gasteiger partial charge in [-0.2, -0.15) is 0 Å². The molecule has 0 N–H and O–H groups in total.